The fourth-order valence-corrected chi connectivity index (χ4v) is 2.40. The van der Waals surface area contributed by atoms with E-state index in [9.17, 15) is 8.42 Å². The van der Waals surface area contributed by atoms with Gasteiger partial charge in [0.1, 0.15) is 0 Å². The zero-order chi connectivity index (χ0) is 10.5. The first-order chi connectivity index (χ1) is 5.95. The molecule has 0 bridgehead atoms. The second-order valence-corrected chi connectivity index (χ2v) is 5.31. The van der Waals surface area contributed by atoms with Gasteiger partial charge in [-0.25, -0.2) is 12.7 Å². The number of aliphatic hydroxyl groups excluding tert-OH is 1. The normalized spacial score (nSPS) is 14.8. The lowest BCUT2D eigenvalue weighted by atomic mass is 10.3. The van der Waals surface area contributed by atoms with Crippen molar-refractivity contribution >= 4 is 10.0 Å². The molecule has 0 aromatic heterocycles. The third-order valence-corrected chi connectivity index (χ3v) is 4.25. The Morgan fingerprint density at radius 1 is 1.46 bits per heavy atom. The van der Waals surface area contributed by atoms with Gasteiger partial charge >= 0.3 is 0 Å². The molecule has 0 aromatic carbocycles. The highest BCUT2D eigenvalue weighted by Crippen LogP contribution is 2.08. The average molecular weight is 209 g/mol. The summed E-state index contributed by atoms with van der Waals surface area (Å²) in [5.41, 5.74) is 0. The highest BCUT2D eigenvalue weighted by molar-refractivity contribution is 7.89. The van der Waals surface area contributed by atoms with Crippen LogP contribution in [0.25, 0.3) is 0 Å². The molecule has 13 heavy (non-hydrogen) atoms. The van der Waals surface area contributed by atoms with E-state index in [-0.39, 0.29) is 18.4 Å². The Morgan fingerprint density at radius 3 is 2.38 bits per heavy atom. The predicted octanol–water partition coefficient (Wildman–Crippen LogP) is 0.429. The Hall–Kier alpha value is -0.130. The van der Waals surface area contributed by atoms with Gasteiger partial charge in [0.15, 0.2) is 0 Å². The van der Waals surface area contributed by atoms with Crippen molar-refractivity contribution in [2.24, 2.45) is 0 Å². The summed E-state index contributed by atoms with van der Waals surface area (Å²) in [7, 11) is -1.58. The molecule has 1 atom stereocenters. The molecule has 4 nitrogen and oxygen atoms in total. The Kier molecular flexibility index (Phi) is 5.51. The Morgan fingerprint density at radius 2 is 2.00 bits per heavy atom. The standard InChI is InChI=1S/C8H19NO3S/c1-4-8(2)9(3)13(11,12)7-5-6-10/h8,10H,4-7H2,1-3H3. The SMILES string of the molecule is CCC(C)N(C)S(=O)(=O)CCCO. The van der Waals surface area contributed by atoms with Crippen LogP contribution in [0.1, 0.15) is 26.7 Å². The maximum atomic E-state index is 11.5. The lowest BCUT2D eigenvalue weighted by Gasteiger charge is -2.22. The smallest absolute Gasteiger partial charge is 0.214 e. The molecule has 0 aliphatic rings. The summed E-state index contributed by atoms with van der Waals surface area (Å²) in [6.45, 7) is 3.74. The number of aliphatic hydroxyl groups is 1. The van der Waals surface area contributed by atoms with E-state index in [1.165, 1.54) is 4.31 Å². The minimum atomic E-state index is -3.16. The first-order valence-electron chi connectivity index (χ1n) is 4.52. The van der Waals surface area contributed by atoms with Crippen molar-refractivity contribution in [1.82, 2.24) is 4.31 Å². The molecule has 1 N–H and O–H groups in total. The molecular formula is C8H19NO3S. The zero-order valence-corrected chi connectivity index (χ0v) is 9.34. The van der Waals surface area contributed by atoms with Gasteiger partial charge < -0.3 is 5.11 Å². The van der Waals surface area contributed by atoms with E-state index in [1.807, 2.05) is 13.8 Å². The van der Waals surface area contributed by atoms with E-state index in [2.05, 4.69) is 0 Å². The van der Waals surface area contributed by atoms with E-state index in [4.69, 9.17) is 5.11 Å². The number of hydrogen-bond acceptors (Lipinski definition) is 3. The summed E-state index contributed by atoms with van der Waals surface area (Å²) in [5.74, 6) is 0.0321. The highest BCUT2D eigenvalue weighted by Gasteiger charge is 2.20. The van der Waals surface area contributed by atoms with Crippen molar-refractivity contribution in [1.29, 1.82) is 0 Å². The van der Waals surface area contributed by atoms with Gasteiger partial charge in [0.05, 0.1) is 5.75 Å². The summed E-state index contributed by atoms with van der Waals surface area (Å²) < 4.78 is 24.4. The third-order valence-electron chi connectivity index (χ3n) is 2.21. The molecule has 0 amide bonds. The molecule has 0 aliphatic carbocycles. The number of sulfonamides is 1. The van der Waals surface area contributed by atoms with Crippen LogP contribution >= 0.6 is 0 Å². The molecule has 0 heterocycles. The topological polar surface area (TPSA) is 57.6 Å². The van der Waals surface area contributed by atoms with Gasteiger partial charge in [0.2, 0.25) is 10.0 Å². The van der Waals surface area contributed by atoms with Gasteiger partial charge in [-0.15, -0.1) is 0 Å². The second kappa shape index (κ2) is 5.57. The molecule has 5 heteroatoms. The second-order valence-electron chi connectivity index (χ2n) is 3.17. The lowest BCUT2D eigenvalue weighted by molar-refractivity contribution is 0.293. The Labute approximate surface area is 80.6 Å². The monoisotopic (exact) mass is 209 g/mol. The van der Waals surface area contributed by atoms with Crippen LogP contribution in [0.15, 0.2) is 0 Å². The van der Waals surface area contributed by atoms with Gasteiger partial charge in [-0.1, -0.05) is 6.92 Å². The molecule has 80 valence electrons. The summed E-state index contributed by atoms with van der Waals surface area (Å²) in [6.07, 6.45) is 1.11. The van der Waals surface area contributed by atoms with Crippen LogP contribution < -0.4 is 0 Å². The zero-order valence-electron chi connectivity index (χ0n) is 8.52. The Balaban J connectivity index is 4.28. The number of hydrogen-bond donors (Lipinski definition) is 1. The molecular weight excluding hydrogens is 190 g/mol. The molecule has 1 unspecified atom stereocenters. The predicted molar refractivity (Wildman–Crippen MR) is 53.0 cm³/mol. The average Bonchev–Trinajstić information content (AvgIpc) is 2.12. The number of nitrogens with zero attached hydrogens (tertiary/aromatic N) is 1. The Bertz CT molecular complexity index is 226. The van der Waals surface area contributed by atoms with E-state index in [0.717, 1.165) is 6.42 Å². The molecule has 0 aromatic rings. The van der Waals surface area contributed by atoms with Crippen LogP contribution in [0.3, 0.4) is 0 Å². The summed E-state index contributed by atoms with van der Waals surface area (Å²) >= 11 is 0. The molecule has 0 rings (SSSR count). The minimum absolute atomic E-state index is 0.0312. The summed E-state index contributed by atoms with van der Waals surface area (Å²) in [6, 6.07) is 0.0312. The van der Waals surface area contributed by atoms with E-state index in [0.29, 0.717) is 6.42 Å². The largest absolute Gasteiger partial charge is 0.396 e. The first-order valence-corrected chi connectivity index (χ1v) is 6.13. The number of rotatable bonds is 6. The fourth-order valence-electron chi connectivity index (χ4n) is 0.922. The van der Waals surface area contributed by atoms with Crippen molar-refractivity contribution in [3.05, 3.63) is 0 Å². The third kappa shape index (κ3) is 4.06. The van der Waals surface area contributed by atoms with Crippen molar-refractivity contribution in [2.45, 2.75) is 32.7 Å². The quantitative estimate of drug-likeness (QED) is 0.690. The minimum Gasteiger partial charge on any atom is -0.396 e. The molecule has 0 spiro atoms. The van der Waals surface area contributed by atoms with Gasteiger partial charge in [0, 0.05) is 19.7 Å². The maximum Gasteiger partial charge on any atom is 0.214 e. The van der Waals surface area contributed by atoms with Gasteiger partial charge in [-0.3, -0.25) is 0 Å². The van der Waals surface area contributed by atoms with Crippen molar-refractivity contribution in [2.75, 3.05) is 19.4 Å². The van der Waals surface area contributed by atoms with Crippen LogP contribution in [0.2, 0.25) is 0 Å². The van der Waals surface area contributed by atoms with Crippen molar-refractivity contribution in [3.63, 3.8) is 0 Å². The van der Waals surface area contributed by atoms with Gasteiger partial charge in [-0.05, 0) is 19.8 Å². The van der Waals surface area contributed by atoms with E-state index >= 15 is 0 Å². The van der Waals surface area contributed by atoms with E-state index < -0.39 is 10.0 Å². The molecule has 0 fully saturated rings. The molecule has 0 radical (unpaired) electrons. The van der Waals surface area contributed by atoms with Gasteiger partial charge in [-0.2, -0.15) is 0 Å². The summed E-state index contributed by atoms with van der Waals surface area (Å²) in [4.78, 5) is 0. The molecule has 0 saturated carbocycles. The van der Waals surface area contributed by atoms with Gasteiger partial charge in [0.25, 0.3) is 0 Å². The highest BCUT2D eigenvalue weighted by atomic mass is 32.2. The van der Waals surface area contributed by atoms with Crippen LogP contribution in [0.4, 0.5) is 0 Å². The van der Waals surface area contributed by atoms with Crippen molar-refractivity contribution < 1.29 is 13.5 Å². The fraction of sp³-hybridized carbons (Fsp3) is 1.00. The lowest BCUT2D eigenvalue weighted by Crippen LogP contribution is -2.36. The van der Waals surface area contributed by atoms with Crippen LogP contribution in [0.5, 0.6) is 0 Å². The summed E-state index contributed by atoms with van der Waals surface area (Å²) in [5, 5.41) is 8.52. The molecule has 0 saturated heterocycles. The first kappa shape index (κ1) is 12.9. The van der Waals surface area contributed by atoms with Crippen molar-refractivity contribution in [3.8, 4) is 0 Å². The molecule has 0 aliphatic heterocycles. The van der Waals surface area contributed by atoms with Crippen LogP contribution in [-0.4, -0.2) is 43.3 Å². The van der Waals surface area contributed by atoms with Crippen LogP contribution in [0, 0.1) is 0 Å². The van der Waals surface area contributed by atoms with E-state index in [1.54, 1.807) is 7.05 Å². The maximum absolute atomic E-state index is 11.5. The van der Waals surface area contributed by atoms with Crippen LogP contribution in [-0.2, 0) is 10.0 Å².